The van der Waals surface area contributed by atoms with Crippen LogP contribution in [0.5, 0.6) is 5.75 Å². The minimum absolute atomic E-state index is 0.0532. The second kappa shape index (κ2) is 10.3. The average Bonchev–Trinajstić information content (AvgIpc) is 3.19. The third-order valence-electron chi connectivity index (χ3n) is 5.83. The van der Waals surface area contributed by atoms with Gasteiger partial charge in [0.1, 0.15) is 16.5 Å². The number of amides is 1. The number of ether oxygens (including phenoxy) is 1. The number of sulfonamides is 1. The van der Waals surface area contributed by atoms with E-state index >= 15 is 0 Å². The van der Waals surface area contributed by atoms with E-state index in [4.69, 9.17) is 4.74 Å². The van der Waals surface area contributed by atoms with Gasteiger partial charge in [-0.1, -0.05) is 42.5 Å². The van der Waals surface area contributed by atoms with Crippen LogP contribution in [0, 0.1) is 6.92 Å². The zero-order chi connectivity index (χ0) is 25.0. The molecule has 182 valence electrons. The second-order valence-electron chi connectivity index (χ2n) is 8.17. The number of imidazole rings is 1. The first-order valence-electron chi connectivity index (χ1n) is 11.2. The summed E-state index contributed by atoms with van der Waals surface area (Å²) in [6, 6.07) is 21.6. The normalized spacial score (nSPS) is 11.7. The zero-order valence-corrected chi connectivity index (χ0v) is 20.7. The van der Waals surface area contributed by atoms with Crippen LogP contribution in [0.1, 0.15) is 21.7 Å². The van der Waals surface area contributed by atoms with Gasteiger partial charge in [0.05, 0.1) is 18.1 Å². The highest BCUT2D eigenvalue weighted by atomic mass is 32.2. The van der Waals surface area contributed by atoms with Gasteiger partial charge in [-0.25, -0.2) is 13.4 Å². The molecule has 3 aromatic carbocycles. The number of nitrogens with zero attached hydrogens (tertiary/aromatic N) is 3. The first-order chi connectivity index (χ1) is 16.8. The SMILES string of the molecule is COc1ccc(C(=O)NCCn2c(C)nc3ccccc32)cc1S(=O)(=O)N(C)Cc1ccccc1. The van der Waals surface area contributed by atoms with Crippen molar-refractivity contribution in [1.82, 2.24) is 19.2 Å². The number of aryl methyl sites for hydroxylation is 1. The van der Waals surface area contributed by atoms with Crippen molar-refractivity contribution in [3.63, 3.8) is 0 Å². The Bertz CT molecular complexity index is 1450. The van der Waals surface area contributed by atoms with Crippen molar-refractivity contribution in [2.24, 2.45) is 0 Å². The van der Waals surface area contributed by atoms with Crippen molar-refractivity contribution in [2.75, 3.05) is 20.7 Å². The van der Waals surface area contributed by atoms with E-state index in [0.717, 1.165) is 22.4 Å². The van der Waals surface area contributed by atoms with Crippen molar-refractivity contribution < 1.29 is 17.9 Å². The number of nitrogens with one attached hydrogen (secondary N) is 1. The van der Waals surface area contributed by atoms with Crippen molar-refractivity contribution in [2.45, 2.75) is 24.9 Å². The molecular weight excluding hydrogens is 464 g/mol. The summed E-state index contributed by atoms with van der Waals surface area (Å²) in [4.78, 5) is 17.4. The molecule has 0 spiro atoms. The van der Waals surface area contributed by atoms with Crippen molar-refractivity contribution >= 4 is 27.0 Å². The van der Waals surface area contributed by atoms with Crippen LogP contribution in [0.15, 0.2) is 77.7 Å². The summed E-state index contributed by atoms with van der Waals surface area (Å²) in [6.45, 7) is 3.02. The number of carbonyl (C=O) groups excluding carboxylic acids is 1. The summed E-state index contributed by atoms with van der Waals surface area (Å²) >= 11 is 0. The highest BCUT2D eigenvalue weighted by molar-refractivity contribution is 7.89. The van der Waals surface area contributed by atoms with E-state index in [1.807, 2.05) is 66.1 Å². The summed E-state index contributed by atoms with van der Waals surface area (Å²) in [7, 11) is -0.994. The smallest absolute Gasteiger partial charge is 0.251 e. The molecule has 4 rings (SSSR count). The Hall–Kier alpha value is -3.69. The number of rotatable bonds is 9. The van der Waals surface area contributed by atoms with Gasteiger partial charge >= 0.3 is 0 Å². The number of hydrogen-bond donors (Lipinski definition) is 1. The molecule has 0 fully saturated rings. The summed E-state index contributed by atoms with van der Waals surface area (Å²) in [5.41, 5.74) is 3.00. The Labute approximate surface area is 205 Å². The molecule has 1 aromatic heterocycles. The van der Waals surface area contributed by atoms with Crippen LogP contribution in [0.25, 0.3) is 11.0 Å². The van der Waals surface area contributed by atoms with E-state index in [9.17, 15) is 13.2 Å². The Morgan fingerprint density at radius 2 is 1.77 bits per heavy atom. The first kappa shape index (κ1) is 24.4. The number of carbonyl (C=O) groups is 1. The maximum atomic E-state index is 13.3. The minimum atomic E-state index is -3.91. The van der Waals surface area contributed by atoms with Crippen LogP contribution >= 0.6 is 0 Å². The highest BCUT2D eigenvalue weighted by Gasteiger charge is 2.26. The van der Waals surface area contributed by atoms with Crippen LogP contribution in [0.3, 0.4) is 0 Å². The Kier molecular flexibility index (Phi) is 7.18. The van der Waals surface area contributed by atoms with Gasteiger partial charge in [-0.2, -0.15) is 4.31 Å². The summed E-state index contributed by atoms with van der Waals surface area (Å²) < 4.78 is 35.2. The molecule has 1 amide bonds. The van der Waals surface area contributed by atoms with Gasteiger partial charge in [0.15, 0.2) is 0 Å². The third-order valence-corrected chi connectivity index (χ3v) is 7.65. The number of para-hydroxylation sites is 2. The Balaban J connectivity index is 1.50. The van der Waals surface area contributed by atoms with Gasteiger partial charge in [0.2, 0.25) is 10.0 Å². The molecule has 1 N–H and O–H groups in total. The summed E-state index contributed by atoms with van der Waals surface area (Å²) in [5, 5.41) is 2.88. The maximum Gasteiger partial charge on any atom is 0.251 e. The van der Waals surface area contributed by atoms with Gasteiger partial charge in [-0.15, -0.1) is 0 Å². The van der Waals surface area contributed by atoms with Crippen LogP contribution in [0.2, 0.25) is 0 Å². The van der Waals surface area contributed by atoms with E-state index < -0.39 is 10.0 Å². The monoisotopic (exact) mass is 492 g/mol. The zero-order valence-electron chi connectivity index (χ0n) is 19.9. The van der Waals surface area contributed by atoms with Crippen LogP contribution in [-0.2, 0) is 23.1 Å². The van der Waals surface area contributed by atoms with Crippen molar-refractivity contribution in [3.05, 3.63) is 89.7 Å². The Morgan fingerprint density at radius 3 is 2.51 bits per heavy atom. The van der Waals surface area contributed by atoms with Gasteiger partial charge in [-0.3, -0.25) is 4.79 Å². The molecule has 0 saturated heterocycles. The molecule has 0 radical (unpaired) electrons. The number of methoxy groups -OCH3 is 1. The number of aromatic nitrogens is 2. The number of benzene rings is 3. The lowest BCUT2D eigenvalue weighted by Gasteiger charge is -2.19. The van der Waals surface area contributed by atoms with E-state index in [2.05, 4.69) is 10.3 Å². The molecule has 0 unspecified atom stereocenters. The largest absolute Gasteiger partial charge is 0.495 e. The molecule has 0 aliphatic rings. The van der Waals surface area contributed by atoms with E-state index in [0.29, 0.717) is 13.1 Å². The van der Waals surface area contributed by atoms with E-state index in [1.165, 1.54) is 30.6 Å². The average molecular weight is 493 g/mol. The predicted molar refractivity (Wildman–Crippen MR) is 135 cm³/mol. The minimum Gasteiger partial charge on any atom is -0.495 e. The fourth-order valence-electron chi connectivity index (χ4n) is 3.97. The molecule has 9 heteroatoms. The van der Waals surface area contributed by atoms with Crippen LogP contribution < -0.4 is 10.1 Å². The van der Waals surface area contributed by atoms with E-state index in [1.54, 1.807) is 6.07 Å². The molecule has 0 aliphatic heterocycles. The molecule has 35 heavy (non-hydrogen) atoms. The fourth-order valence-corrected chi connectivity index (χ4v) is 5.31. The van der Waals surface area contributed by atoms with E-state index in [-0.39, 0.29) is 28.7 Å². The lowest BCUT2D eigenvalue weighted by atomic mass is 10.2. The number of fused-ring (bicyclic) bond motifs is 1. The molecule has 0 saturated carbocycles. The fraction of sp³-hybridized carbons (Fsp3) is 0.231. The van der Waals surface area contributed by atoms with Crippen LogP contribution in [0.4, 0.5) is 0 Å². The summed E-state index contributed by atoms with van der Waals surface area (Å²) in [5.74, 6) is 0.679. The second-order valence-corrected chi connectivity index (χ2v) is 10.2. The molecule has 0 bridgehead atoms. The quantitative estimate of drug-likeness (QED) is 0.385. The van der Waals surface area contributed by atoms with Gasteiger partial charge in [-0.05, 0) is 42.8 Å². The molecule has 8 nitrogen and oxygen atoms in total. The molecule has 4 aromatic rings. The molecule has 1 heterocycles. The predicted octanol–water partition coefficient (Wildman–Crippen LogP) is 3.60. The molecule has 0 atom stereocenters. The van der Waals surface area contributed by atoms with Gasteiger partial charge in [0.25, 0.3) is 5.91 Å². The van der Waals surface area contributed by atoms with Gasteiger partial charge < -0.3 is 14.6 Å². The first-order valence-corrected chi connectivity index (χ1v) is 12.6. The standard InChI is InChI=1S/C26H28N4O4S/c1-19-28-22-11-7-8-12-23(22)30(19)16-15-27-26(31)21-13-14-24(34-3)25(17-21)35(32,33)29(2)18-20-9-5-4-6-10-20/h4-14,17H,15-16,18H2,1-3H3,(H,27,31). The highest BCUT2D eigenvalue weighted by Crippen LogP contribution is 2.28. The Morgan fingerprint density at radius 1 is 1.06 bits per heavy atom. The number of hydrogen-bond acceptors (Lipinski definition) is 5. The van der Waals surface area contributed by atoms with Gasteiger partial charge in [0, 0.05) is 32.2 Å². The topological polar surface area (TPSA) is 93.5 Å². The van der Waals surface area contributed by atoms with Crippen molar-refractivity contribution in [1.29, 1.82) is 0 Å². The summed E-state index contributed by atoms with van der Waals surface area (Å²) in [6.07, 6.45) is 0. The lowest BCUT2D eigenvalue weighted by molar-refractivity contribution is 0.0952. The maximum absolute atomic E-state index is 13.3. The van der Waals surface area contributed by atoms with Crippen molar-refractivity contribution in [3.8, 4) is 5.75 Å². The third kappa shape index (κ3) is 5.21. The lowest BCUT2D eigenvalue weighted by Crippen LogP contribution is -2.29. The molecular formula is C26H28N4O4S. The van der Waals surface area contributed by atoms with Crippen LogP contribution in [-0.4, -0.2) is 48.9 Å². The molecule has 0 aliphatic carbocycles.